The molecule has 6 heteroatoms. The molecule has 2 N–H and O–H groups in total. The van der Waals surface area contributed by atoms with E-state index in [2.05, 4.69) is 15.7 Å². The first kappa shape index (κ1) is 12.9. The van der Waals surface area contributed by atoms with Crippen molar-refractivity contribution in [2.45, 2.75) is 31.5 Å². The molecule has 1 aliphatic rings. The van der Waals surface area contributed by atoms with Crippen LogP contribution in [0.25, 0.3) is 0 Å². The Hall–Kier alpha value is -2.08. The first-order valence-electron chi connectivity index (χ1n) is 6.76. The van der Waals surface area contributed by atoms with Gasteiger partial charge in [0.1, 0.15) is 5.76 Å². The summed E-state index contributed by atoms with van der Waals surface area (Å²) < 4.78 is 7.07. The van der Waals surface area contributed by atoms with Crippen LogP contribution in [0.15, 0.2) is 35.2 Å². The summed E-state index contributed by atoms with van der Waals surface area (Å²) in [5, 5.41) is 10.7. The fourth-order valence-electron chi connectivity index (χ4n) is 2.58. The molecule has 1 amide bonds. The van der Waals surface area contributed by atoms with Crippen molar-refractivity contribution in [1.29, 1.82) is 0 Å². The lowest BCUT2D eigenvalue weighted by molar-refractivity contribution is -0.123. The van der Waals surface area contributed by atoms with Crippen LogP contribution in [0.4, 0.5) is 0 Å². The first-order chi connectivity index (χ1) is 9.72. The molecule has 2 atom stereocenters. The zero-order valence-electron chi connectivity index (χ0n) is 11.4. The lowest BCUT2D eigenvalue weighted by atomic mass is 9.93. The number of furan rings is 1. The molecular formula is C14H18N4O2. The van der Waals surface area contributed by atoms with Gasteiger partial charge in [-0.05, 0) is 18.6 Å². The Bertz CT molecular complexity index is 576. The smallest absolute Gasteiger partial charge is 0.220 e. The van der Waals surface area contributed by atoms with Crippen molar-refractivity contribution in [3.8, 4) is 0 Å². The highest BCUT2D eigenvalue weighted by atomic mass is 16.3. The van der Waals surface area contributed by atoms with Crippen LogP contribution in [0, 0.1) is 0 Å². The third kappa shape index (κ3) is 2.75. The van der Waals surface area contributed by atoms with Gasteiger partial charge in [-0.25, -0.2) is 0 Å². The second-order valence-electron chi connectivity index (χ2n) is 5.10. The molecule has 0 radical (unpaired) electrons. The standard InChI is InChI=1S/C14H18N4O2/c1-18-9-10(7-16-18)14-12(4-5-13(19)17-14)15-8-11-3-2-6-20-11/h2-3,6-7,9,12,14-15H,4-5,8H2,1H3,(H,17,19)/t12-,14+/m1/s1. The quantitative estimate of drug-likeness (QED) is 0.876. The van der Waals surface area contributed by atoms with Crippen molar-refractivity contribution in [3.63, 3.8) is 0 Å². The summed E-state index contributed by atoms with van der Waals surface area (Å²) in [6.07, 6.45) is 6.77. The van der Waals surface area contributed by atoms with Gasteiger partial charge in [0.25, 0.3) is 0 Å². The maximum Gasteiger partial charge on any atom is 0.220 e. The molecule has 20 heavy (non-hydrogen) atoms. The summed E-state index contributed by atoms with van der Waals surface area (Å²) in [6, 6.07) is 3.95. The SMILES string of the molecule is Cn1cc([C@@H]2NC(=O)CC[C@H]2NCc2ccco2)cn1. The van der Waals surface area contributed by atoms with E-state index < -0.39 is 0 Å². The maximum atomic E-state index is 11.6. The number of nitrogens with one attached hydrogen (secondary N) is 2. The number of aromatic nitrogens is 2. The highest BCUT2D eigenvalue weighted by molar-refractivity contribution is 5.77. The summed E-state index contributed by atoms with van der Waals surface area (Å²) in [7, 11) is 1.87. The van der Waals surface area contributed by atoms with Gasteiger partial charge in [0.15, 0.2) is 0 Å². The molecule has 2 aromatic heterocycles. The monoisotopic (exact) mass is 274 g/mol. The molecule has 0 unspecified atom stereocenters. The van der Waals surface area contributed by atoms with Crippen LogP contribution in [0.3, 0.4) is 0 Å². The van der Waals surface area contributed by atoms with Gasteiger partial charge in [-0.2, -0.15) is 5.10 Å². The van der Waals surface area contributed by atoms with Crippen LogP contribution < -0.4 is 10.6 Å². The van der Waals surface area contributed by atoms with E-state index in [1.54, 1.807) is 17.1 Å². The number of piperidine rings is 1. The van der Waals surface area contributed by atoms with Gasteiger partial charge >= 0.3 is 0 Å². The second kappa shape index (κ2) is 5.50. The van der Waals surface area contributed by atoms with Crippen LogP contribution in [-0.2, 0) is 18.4 Å². The minimum Gasteiger partial charge on any atom is -0.468 e. The Balaban J connectivity index is 1.71. The Morgan fingerprint density at radius 1 is 1.60 bits per heavy atom. The number of carbonyl (C=O) groups excluding carboxylic acids is 1. The molecule has 0 spiro atoms. The normalized spacial score (nSPS) is 22.8. The highest BCUT2D eigenvalue weighted by Gasteiger charge is 2.30. The Morgan fingerprint density at radius 2 is 2.50 bits per heavy atom. The van der Waals surface area contributed by atoms with E-state index in [1.807, 2.05) is 25.4 Å². The van der Waals surface area contributed by atoms with Gasteiger partial charge < -0.3 is 15.1 Å². The summed E-state index contributed by atoms with van der Waals surface area (Å²) in [4.78, 5) is 11.6. The van der Waals surface area contributed by atoms with Crippen LogP contribution in [-0.4, -0.2) is 21.7 Å². The molecule has 1 aliphatic heterocycles. The zero-order chi connectivity index (χ0) is 13.9. The molecule has 0 aromatic carbocycles. The number of carbonyl (C=O) groups is 1. The van der Waals surface area contributed by atoms with Crippen molar-refractivity contribution >= 4 is 5.91 Å². The van der Waals surface area contributed by atoms with E-state index in [9.17, 15) is 4.79 Å². The summed E-state index contributed by atoms with van der Waals surface area (Å²) >= 11 is 0. The lowest BCUT2D eigenvalue weighted by Gasteiger charge is -2.32. The van der Waals surface area contributed by atoms with Crippen molar-refractivity contribution in [2.75, 3.05) is 0 Å². The van der Waals surface area contributed by atoms with Crippen molar-refractivity contribution in [2.24, 2.45) is 7.05 Å². The van der Waals surface area contributed by atoms with Crippen LogP contribution in [0.5, 0.6) is 0 Å². The minimum absolute atomic E-state index is 0.0417. The number of aryl methyl sites for hydroxylation is 1. The van der Waals surface area contributed by atoms with E-state index in [1.165, 1.54) is 0 Å². The third-order valence-corrected chi connectivity index (χ3v) is 3.60. The minimum atomic E-state index is -0.0417. The van der Waals surface area contributed by atoms with E-state index in [4.69, 9.17) is 4.42 Å². The fraction of sp³-hybridized carbons (Fsp3) is 0.429. The number of rotatable bonds is 4. The van der Waals surface area contributed by atoms with Crippen LogP contribution in [0.1, 0.15) is 30.2 Å². The average Bonchev–Trinajstić information content (AvgIpc) is 3.08. The Morgan fingerprint density at radius 3 is 3.20 bits per heavy atom. The molecule has 1 saturated heterocycles. The van der Waals surface area contributed by atoms with E-state index in [0.717, 1.165) is 17.7 Å². The molecule has 0 saturated carbocycles. The molecule has 106 valence electrons. The maximum absolute atomic E-state index is 11.6. The molecule has 2 aromatic rings. The molecule has 3 heterocycles. The molecule has 1 fully saturated rings. The zero-order valence-corrected chi connectivity index (χ0v) is 11.4. The molecule has 3 rings (SSSR count). The van der Waals surface area contributed by atoms with Gasteiger partial charge in [-0.3, -0.25) is 9.48 Å². The van der Waals surface area contributed by atoms with E-state index in [-0.39, 0.29) is 18.0 Å². The first-order valence-corrected chi connectivity index (χ1v) is 6.76. The molecular weight excluding hydrogens is 256 g/mol. The third-order valence-electron chi connectivity index (χ3n) is 3.60. The predicted molar refractivity (Wildman–Crippen MR) is 72.7 cm³/mol. The molecule has 0 bridgehead atoms. The lowest BCUT2D eigenvalue weighted by Crippen LogP contribution is -2.48. The fourth-order valence-corrected chi connectivity index (χ4v) is 2.58. The van der Waals surface area contributed by atoms with Crippen molar-refractivity contribution in [3.05, 3.63) is 42.1 Å². The predicted octanol–water partition coefficient (Wildman–Crippen LogP) is 1.12. The summed E-state index contributed by atoms with van der Waals surface area (Å²) in [5.41, 5.74) is 1.03. The van der Waals surface area contributed by atoms with Gasteiger partial charge in [0, 0.05) is 31.3 Å². The molecule has 6 nitrogen and oxygen atoms in total. The number of hydrogen-bond donors (Lipinski definition) is 2. The van der Waals surface area contributed by atoms with Crippen molar-refractivity contribution < 1.29 is 9.21 Å². The number of amides is 1. The summed E-state index contributed by atoms with van der Waals surface area (Å²) in [5.74, 6) is 0.988. The van der Waals surface area contributed by atoms with Gasteiger partial charge in [-0.1, -0.05) is 0 Å². The van der Waals surface area contributed by atoms with E-state index in [0.29, 0.717) is 13.0 Å². The number of hydrogen-bond acceptors (Lipinski definition) is 4. The largest absolute Gasteiger partial charge is 0.468 e. The van der Waals surface area contributed by atoms with Gasteiger partial charge in [0.2, 0.25) is 5.91 Å². The second-order valence-corrected chi connectivity index (χ2v) is 5.10. The van der Waals surface area contributed by atoms with E-state index >= 15 is 0 Å². The van der Waals surface area contributed by atoms with Crippen LogP contribution in [0.2, 0.25) is 0 Å². The highest BCUT2D eigenvalue weighted by Crippen LogP contribution is 2.24. The number of nitrogens with zero attached hydrogens (tertiary/aromatic N) is 2. The molecule has 0 aliphatic carbocycles. The van der Waals surface area contributed by atoms with Gasteiger partial charge in [0.05, 0.1) is 25.0 Å². The Labute approximate surface area is 117 Å². The topological polar surface area (TPSA) is 72.1 Å². The van der Waals surface area contributed by atoms with Gasteiger partial charge in [-0.15, -0.1) is 0 Å². The summed E-state index contributed by atoms with van der Waals surface area (Å²) in [6.45, 7) is 0.657. The van der Waals surface area contributed by atoms with Crippen LogP contribution >= 0.6 is 0 Å². The van der Waals surface area contributed by atoms with Crippen molar-refractivity contribution in [1.82, 2.24) is 20.4 Å². The average molecular weight is 274 g/mol. The Kier molecular flexibility index (Phi) is 3.56.